The largest absolute Gasteiger partial charge is 0.496 e. The number of hydrogen-bond acceptors (Lipinski definition) is 6. The Labute approximate surface area is 194 Å². The summed E-state index contributed by atoms with van der Waals surface area (Å²) in [6.45, 7) is 5.10. The summed E-state index contributed by atoms with van der Waals surface area (Å²) in [5.41, 5.74) is 0.704. The van der Waals surface area contributed by atoms with Gasteiger partial charge in [0.2, 0.25) is 10.0 Å². The van der Waals surface area contributed by atoms with Gasteiger partial charge in [0.25, 0.3) is 11.8 Å². The smallest absolute Gasteiger partial charge is 0.257 e. The van der Waals surface area contributed by atoms with Crippen LogP contribution in [0, 0.1) is 0 Å². The van der Waals surface area contributed by atoms with Gasteiger partial charge in [-0.2, -0.15) is 4.31 Å². The van der Waals surface area contributed by atoms with E-state index in [-0.39, 0.29) is 28.3 Å². The maximum Gasteiger partial charge on any atom is 0.257 e. The molecule has 1 aliphatic heterocycles. The lowest BCUT2D eigenvalue weighted by molar-refractivity contribution is 0.0694. The van der Waals surface area contributed by atoms with Gasteiger partial charge in [-0.05, 0) is 43.2 Å². The third-order valence-electron chi connectivity index (χ3n) is 5.79. The van der Waals surface area contributed by atoms with Crippen LogP contribution in [0.5, 0.6) is 5.75 Å². The van der Waals surface area contributed by atoms with Crippen molar-refractivity contribution in [1.29, 1.82) is 0 Å². The summed E-state index contributed by atoms with van der Waals surface area (Å²) in [5, 5.41) is 2.98. The molecular formula is C23H30N4O5S. The molecule has 178 valence electrons. The number of rotatable bonds is 8. The molecule has 1 aliphatic rings. The van der Waals surface area contributed by atoms with Crippen molar-refractivity contribution in [2.75, 3.05) is 33.3 Å². The summed E-state index contributed by atoms with van der Waals surface area (Å²) >= 11 is 0. The molecule has 33 heavy (non-hydrogen) atoms. The molecule has 2 aromatic rings. The average molecular weight is 475 g/mol. The molecule has 2 amide bonds. The van der Waals surface area contributed by atoms with E-state index in [0.717, 1.165) is 0 Å². The second kappa shape index (κ2) is 10.8. The van der Waals surface area contributed by atoms with Crippen molar-refractivity contribution in [3.63, 3.8) is 0 Å². The van der Waals surface area contributed by atoms with Crippen LogP contribution in [0.25, 0.3) is 0 Å². The highest BCUT2D eigenvalue weighted by atomic mass is 32.2. The molecule has 3 rings (SSSR count). The fourth-order valence-electron chi connectivity index (χ4n) is 3.89. The normalized spacial score (nSPS) is 14.8. The fraction of sp³-hybridized carbons (Fsp3) is 0.435. The summed E-state index contributed by atoms with van der Waals surface area (Å²) in [6, 6.07) is 7.72. The highest BCUT2D eigenvalue weighted by molar-refractivity contribution is 7.89. The molecule has 0 spiro atoms. The van der Waals surface area contributed by atoms with Crippen molar-refractivity contribution in [3.8, 4) is 5.75 Å². The quantitative estimate of drug-likeness (QED) is 0.628. The Balaban J connectivity index is 1.72. The van der Waals surface area contributed by atoms with Crippen LogP contribution in [0.3, 0.4) is 0 Å². The zero-order valence-corrected chi connectivity index (χ0v) is 20.0. The number of ether oxygens (including phenoxy) is 1. The van der Waals surface area contributed by atoms with Crippen LogP contribution in [-0.4, -0.2) is 73.8 Å². The van der Waals surface area contributed by atoms with E-state index in [1.54, 1.807) is 37.1 Å². The number of likely N-dealkylation sites (tertiary alicyclic amines) is 1. The zero-order chi connectivity index (χ0) is 24.0. The Morgan fingerprint density at radius 1 is 1.18 bits per heavy atom. The Hall–Kier alpha value is -2.98. The number of nitrogens with one attached hydrogen (secondary N) is 1. The minimum Gasteiger partial charge on any atom is -0.496 e. The molecule has 0 aliphatic carbocycles. The van der Waals surface area contributed by atoms with Crippen molar-refractivity contribution in [3.05, 3.63) is 53.9 Å². The third-order valence-corrected chi connectivity index (χ3v) is 7.83. The van der Waals surface area contributed by atoms with E-state index >= 15 is 0 Å². The van der Waals surface area contributed by atoms with Gasteiger partial charge in [-0.25, -0.2) is 8.42 Å². The van der Waals surface area contributed by atoms with E-state index in [0.29, 0.717) is 50.3 Å². The molecule has 10 heteroatoms. The van der Waals surface area contributed by atoms with E-state index in [9.17, 15) is 18.0 Å². The maximum atomic E-state index is 13.3. The number of amides is 2. The number of sulfonamides is 1. The van der Waals surface area contributed by atoms with Crippen LogP contribution >= 0.6 is 0 Å². The van der Waals surface area contributed by atoms with Crippen molar-refractivity contribution in [2.24, 2.45) is 0 Å². The molecule has 0 bridgehead atoms. The lowest BCUT2D eigenvalue weighted by Crippen LogP contribution is -2.46. The monoisotopic (exact) mass is 474 g/mol. The molecule has 1 N–H and O–H groups in total. The number of carbonyl (C=O) groups is 2. The van der Waals surface area contributed by atoms with Crippen molar-refractivity contribution < 1.29 is 22.7 Å². The van der Waals surface area contributed by atoms with Crippen molar-refractivity contribution in [1.82, 2.24) is 19.5 Å². The van der Waals surface area contributed by atoms with Crippen LogP contribution in [-0.2, 0) is 10.0 Å². The Kier molecular flexibility index (Phi) is 8.04. The predicted molar refractivity (Wildman–Crippen MR) is 124 cm³/mol. The average Bonchev–Trinajstić information content (AvgIpc) is 2.84. The number of piperidine rings is 1. The van der Waals surface area contributed by atoms with Crippen LogP contribution in [0.15, 0.2) is 47.6 Å². The van der Waals surface area contributed by atoms with Crippen LogP contribution in [0.2, 0.25) is 0 Å². The molecule has 2 heterocycles. The third kappa shape index (κ3) is 5.51. The minimum absolute atomic E-state index is 0.0574. The van der Waals surface area contributed by atoms with Gasteiger partial charge in [0.1, 0.15) is 5.75 Å². The van der Waals surface area contributed by atoms with Gasteiger partial charge in [-0.15, -0.1) is 0 Å². The molecule has 9 nitrogen and oxygen atoms in total. The number of aromatic nitrogens is 1. The maximum absolute atomic E-state index is 13.3. The highest BCUT2D eigenvalue weighted by Crippen LogP contribution is 2.27. The van der Waals surface area contributed by atoms with Gasteiger partial charge in [0, 0.05) is 44.6 Å². The van der Waals surface area contributed by atoms with Crippen LogP contribution < -0.4 is 10.1 Å². The molecule has 1 fully saturated rings. The van der Waals surface area contributed by atoms with E-state index in [1.165, 1.54) is 35.8 Å². The minimum atomic E-state index is -3.71. The Bertz CT molecular complexity index is 1080. The molecule has 0 saturated carbocycles. The van der Waals surface area contributed by atoms with Gasteiger partial charge in [0.05, 0.1) is 23.1 Å². The summed E-state index contributed by atoms with van der Waals surface area (Å²) in [4.78, 5) is 31.3. The number of methoxy groups -OCH3 is 1. The second-order valence-corrected chi connectivity index (χ2v) is 9.67. The van der Waals surface area contributed by atoms with Crippen LogP contribution in [0.1, 0.15) is 47.4 Å². The Morgan fingerprint density at radius 3 is 2.45 bits per heavy atom. The molecule has 1 saturated heterocycles. The van der Waals surface area contributed by atoms with Gasteiger partial charge < -0.3 is 15.0 Å². The van der Waals surface area contributed by atoms with E-state index in [2.05, 4.69) is 10.3 Å². The summed E-state index contributed by atoms with van der Waals surface area (Å²) < 4.78 is 32.5. The molecule has 0 radical (unpaired) electrons. The van der Waals surface area contributed by atoms with E-state index < -0.39 is 10.0 Å². The summed E-state index contributed by atoms with van der Waals surface area (Å²) in [6.07, 6.45) is 4.31. The molecule has 1 aromatic heterocycles. The number of carbonyl (C=O) groups excluding carboxylic acids is 2. The lowest BCUT2D eigenvalue weighted by atomic mass is 10.0. The SMILES string of the molecule is CCN(CC)S(=O)(=O)c1ccc(OC)c(C(=O)N2CCC(NC(=O)c3cccnc3)CC2)c1. The Morgan fingerprint density at radius 2 is 1.88 bits per heavy atom. The zero-order valence-electron chi connectivity index (χ0n) is 19.2. The first-order valence-corrected chi connectivity index (χ1v) is 12.4. The van der Waals surface area contributed by atoms with Gasteiger partial charge in [0.15, 0.2) is 0 Å². The molecule has 1 aromatic carbocycles. The first kappa shape index (κ1) is 24.7. The van der Waals surface area contributed by atoms with Gasteiger partial charge in [-0.1, -0.05) is 13.8 Å². The lowest BCUT2D eigenvalue weighted by Gasteiger charge is -2.32. The predicted octanol–water partition coefficient (Wildman–Crippen LogP) is 2.16. The van der Waals surface area contributed by atoms with Gasteiger partial charge >= 0.3 is 0 Å². The number of nitrogens with zero attached hydrogens (tertiary/aromatic N) is 3. The molecule has 0 unspecified atom stereocenters. The summed E-state index contributed by atoms with van der Waals surface area (Å²) in [7, 11) is -2.26. The summed E-state index contributed by atoms with van der Waals surface area (Å²) in [5.74, 6) is -0.158. The van der Waals surface area contributed by atoms with Crippen molar-refractivity contribution >= 4 is 21.8 Å². The van der Waals surface area contributed by atoms with Crippen molar-refractivity contribution in [2.45, 2.75) is 37.6 Å². The molecular weight excluding hydrogens is 444 g/mol. The standard InChI is InChI=1S/C23H30N4O5S/c1-4-27(5-2)33(30,31)19-8-9-21(32-3)20(15-19)23(29)26-13-10-18(11-14-26)25-22(28)17-7-6-12-24-16-17/h6-9,12,15-16,18H,4-5,10-11,13-14H2,1-3H3,(H,25,28). The van der Waals surface area contributed by atoms with Crippen LogP contribution in [0.4, 0.5) is 0 Å². The van der Waals surface area contributed by atoms with Gasteiger partial charge in [-0.3, -0.25) is 14.6 Å². The number of benzene rings is 1. The highest BCUT2D eigenvalue weighted by Gasteiger charge is 2.29. The number of pyridine rings is 1. The molecule has 0 atom stereocenters. The fourth-order valence-corrected chi connectivity index (χ4v) is 5.38. The van der Waals surface area contributed by atoms with E-state index in [1.807, 2.05) is 0 Å². The number of hydrogen-bond donors (Lipinski definition) is 1. The first-order valence-electron chi connectivity index (χ1n) is 11.0. The second-order valence-electron chi connectivity index (χ2n) is 7.73. The van der Waals surface area contributed by atoms with E-state index in [4.69, 9.17) is 4.74 Å². The first-order chi connectivity index (χ1) is 15.8. The topological polar surface area (TPSA) is 109 Å².